The van der Waals surface area contributed by atoms with Crippen LogP contribution in [0.2, 0.25) is 13.6 Å². The standard InChI is InChI=1S/C11H20BN3O.C6H15BN2O.C4H6O.2CH4/c1-9-8-14(12(2)16)6-7-15(9)11(13-3)10-4-5-10;1-6-5-9(7(2)10)4-3-8-6;5-3-4-1-2-4;;/h9-11,16H,4-8H2,1-2H3;6,8,10H,3-5H2,1-2H3;3-4H,1-2H2;2*1H4/t9-,11?;6-;;;/m00.../s1. The maximum Gasteiger partial charge on any atom is 0.376 e. The van der Waals surface area contributed by atoms with Gasteiger partial charge in [0.2, 0.25) is 0 Å². The van der Waals surface area contributed by atoms with Crippen LogP contribution in [0.1, 0.15) is 54.4 Å². The van der Waals surface area contributed by atoms with Crippen LogP contribution in [0.15, 0.2) is 0 Å². The number of hydrogen-bond acceptors (Lipinski definition) is 7. The Kier molecular flexibility index (Phi) is 15.4. The zero-order valence-electron chi connectivity index (χ0n) is 19.8. The zero-order valence-corrected chi connectivity index (χ0v) is 19.8. The van der Waals surface area contributed by atoms with Crippen molar-refractivity contribution in [3.05, 3.63) is 11.4 Å². The van der Waals surface area contributed by atoms with Gasteiger partial charge in [0.25, 0.3) is 6.17 Å². The van der Waals surface area contributed by atoms with Gasteiger partial charge in [0.15, 0.2) is 0 Å². The number of hydrogen-bond donors (Lipinski definition) is 3. The van der Waals surface area contributed by atoms with Crippen molar-refractivity contribution < 1.29 is 14.8 Å². The highest BCUT2D eigenvalue weighted by Gasteiger charge is 2.44. The van der Waals surface area contributed by atoms with Crippen LogP contribution in [-0.2, 0) is 4.79 Å². The number of aldehydes is 1. The summed E-state index contributed by atoms with van der Waals surface area (Å²) in [6.45, 7) is 20.8. The molecule has 0 aromatic rings. The lowest BCUT2D eigenvalue weighted by atomic mass is 9.83. The minimum atomic E-state index is -0.364. The quantitative estimate of drug-likeness (QED) is 0.326. The van der Waals surface area contributed by atoms with E-state index in [0.717, 1.165) is 58.4 Å². The van der Waals surface area contributed by atoms with Gasteiger partial charge < -0.3 is 29.8 Å². The molecule has 2 saturated heterocycles. The second-order valence-electron chi connectivity index (χ2n) is 9.55. The number of nitrogens with one attached hydrogen (secondary N) is 1. The molecule has 10 heteroatoms. The average molecular weight is 465 g/mol. The van der Waals surface area contributed by atoms with Crippen molar-refractivity contribution in [1.29, 1.82) is 0 Å². The number of rotatable bonds is 5. The van der Waals surface area contributed by atoms with E-state index >= 15 is 0 Å². The molecule has 3 N–H and O–H groups in total. The molecule has 2 aliphatic carbocycles. The third kappa shape index (κ3) is 11.3. The third-order valence-corrected chi connectivity index (χ3v) is 6.50. The van der Waals surface area contributed by atoms with E-state index in [-0.39, 0.29) is 35.1 Å². The molecule has 4 rings (SSSR count). The first-order valence-corrected chi connectivity index (χ1v) is 11.9. The molecular weight excluding hydrogens is 416 g/mol. The molecule has 0 amide bonds. The molecule has 4 fully saturated rings. The molecule has 2 aliphatic heterocycles. The summed E-state index contributed by atoms with van der Waals surface area (Å²) < 4.78 is 0. The molecule has 0 aromatic carbocycles. The highest BCUT2D eigenvalue weighted by molar-refractivity contribution is 6.45. The lowest BCUT2D eigenvalue weighted by Gasteiger charge is -2.40. The van der Waals surface area contributed by atoms with Gasteiger partial charge in [-0.1, -0.05) is 14.9 Å². The van der Waals surface area contributed by atoms with Gasteiger partial charge >= 0.3 is 14.1 Å². The lowest BCUT2D eigenvalue weighted by Crippen LogP contribution is -2.58. The van der Waals surface area contributed by atoms with E-state index in [1.54, 1.807) is 0 Å². The van der Waals surface area contributed by atoms with E-state index in [0.29, 0.717) is 23.9 Å². The Morgan fingerprint density at radius 1 is 1.00 bits per heavy atom. The second-order valence-corrected chi connectivity index (χ2v) is 9.55. The van der Waals surface area contributed by atoms with Crippen LogP contribution in [0, 0.1) is 18.4 Å². The van der Waals surface area contributed by atoms with Gasteiger partial charge in [-0.2, -0.15) is 0 Å². The molecule has 33 heavy (non-hydrogen) atoms. The molecule has 4 aliphatic rings. The highest BCUT2D eigenvalue weighted by atomic mass is 16.2. The SMILES string of the molecule is C.C.CB(O)N1CCN[C@@H](C)C1.O=CC1CC1.[C-]#[N+]C(C1CC1)N1CCN(B(C)O)C[C@@H]1C. The van der Waals surface area contributed by atoms with Crippen molar-refractivity contribution in [1.82, 2.24) is 19.8 Å². The lowest BCUT2D eigenvalue weighted by molar-refractivity contribution is -0.108. The fraction of sp³-hybridized carbons (Fsp3) is 0.913. The molecule has 2 heterocycles. The van der Waals surface area contributed by atoms with Crippen LogP contribution in [0.5, 0.6) is 0 Å². The molecule has 2 saturated carbocycles. The van der Waals surface area contributed by atoms with Crippen LogP contribution in [0.25, 0.3) is 4.85 Å². The van der Waals surface area contributed by atoms with Gasteiger partial charge in [-0.15, -0.1) is 0 Å². The van der Waals surface area contributed by atoms with E-state index in [4.69, 9.17) is 6.57 Å². The van der Waals surface area contributed by atoms with Crippen LogP contribution >= 0.6 is 0 Å². The molecule has 0 radical (unpaired) electrons. The molecule has 0 bridgehead atoms. The first kappa shape index (κ1) is 32.0. The topological polar surface area (TPSA) is 83.6 Å². The van der Waals surface area contributed by atoms with Crippen molar-refractivity contribution >= 4 is 20.4 Å². The largest absolute Gasteiger partial charge is 0.437 e. The zero-order chi connectivity index (χ0) is 23.0. The summed E-state index contributed by atoms with van der Waals surface area (Å²) in [7, 11) is -0.651. The van der Waals surface area contributed by atoms with Crippen molar-refractivity contribution in [2.45, 2.75) is 86.3 Å². The summed E-state index contributed by atoms with van der Waals surface area (Å²) in [4.78, 5) is 19.8. The van der Waals surface area contributed by atoms with Crippen LogP contribution in [-0.4, -0.2) is 102 Å². The Labute approximate surface area is 204 Å². The normalized spacial score (nSPS) is 26.5. The summed E-state index contributed by atoms with van der Waals surface area (Å²) in [5.74, 6) is 1.06. The second kappa shape index (κ2) is 15.9. The maximum absolute atomic E-state index is 9.57. The average Bonchev–Trinajstić information content (AvgIpc) is 3.64. The van der Waals surface area contributed by atoms with Gasteiger partial charge in [-0.3, -0.25) is 4.85 Å². The summed E-state index contributed by atoms with van der Waals surface area (Å²) in [6.07, 6.45) is 5.84. The fourth-order valence-electron chi connectivity index (χ4n) is 4.11. The Morgan fingerprint density at radius 2 is 1.58 bits per heavy atom. The van der Waals surface area contributed by atoms with Crippen LogP contribution < -0.4 is 5.32 Å². The Morgan fingerprint density at radius 3 is 1.91 bits per heavy atom. The van der Waals surface area contributed by atoms with Crippen molar-refractivity contribution in [2.24, 2.45) is 11.8 Å². The van der Waals surface area contributed by atoms with Gasteiger partial charge in [0, 0.05) is 63.2 Å². The van der Waals surface area contributed by atoms with Crippen molar-refractivity contribution in [3.8, 4) is 0 Å². The Hall–Kier alpha value is -0.950. The Balaban J connectivity index is 0.000000516. The molecule has 190 valence electrons. The molecular formula is C23H49B2N5O3. The van der Waals surface area contributed by atoms with Crippen molar-refractivity contribution in [3.63, 3.8) is 0 Å². The van der Waals surface area contributed by atoms with Gasteiger partial charge in [-0.25, -0.2) is 11.5 Å². The van der Waals surface area contributed by atoms with Crippen LogP contribution in [0.3, 0.4) is 0 Å². The van der Waals surface area contributed by atoms with Gasteiger partial charge in [0.1, 0.15) is 6.29 Å². The predicted octanol–water partition coefficient (Wildman–Crippen LogP) is 2.02. The van der Waals surface area contributed by atoms with Crippen LogP contribution in [0.4, 0.5) is 0 Å². The third-order valence-electron chi connectivity index (χ3n) is 6.50. The minimum Gasteiger partial charge on any atom is -0.437 e. The fourth-order valence-corrected chi connectivity index (χ4v) is 4.11. The maximum atomic E-state index is 9.57. The number of piperazine rings is 2. The monoisotopic (exact) mass is 465 g/mol. The first-order chi connectivity index (χ1) is 14.8. The smallest absolute Gasteiger partial charge is 0.376 e. The van der Waals surface area contributed by atoms with Gasteiger partial charge in [-0.05, 0) is 53.2 Å². The molecule has 0 spiro atoms. The molecule has 0 aromatic heterocycles. The summed E-state index contributed by atoms with van der Waals surface area (Å²) in [5, 5.41) is 22.1. The molecule has 1 unspecified atom stereocenters. The molecule has 3 atom stereocenters. The van der Waals surface area contributed by atoms with E-state index in [1.807, 2.05) is 13.6 Å². The summed E-state index contributed by atoms with van der Waals surface area (Å²) in [6, 6.07) is 0.895. The van der Waals surface area contributed by atoms with E-state index in [9.17, 15) is 14.8 Å². The van der Waals surface area contributed by atoms with Crippen molar-refractivity contribution in [2.75, 3.05) is 39.3 Å². The van der Waals surface area contributed by atoms with Gasteiger partial charge in [0.05, 0.1) is 0 Å². The number of carbonyl (C=O) groups excluding carboxylic acids is 1. The first-order valence-electron chi connectivity index (χ1n) is 11.9. The van der Waals surface area contributed by atoms with E-state index < -0.39 is 0 Å². The van der Waals surface area contributed by atoms with E-state index in [1.165, 1.54) is 12.8 Å². The summed E-state index contributed by atoms with van der Waals surface area (Å²) in [5.41, 5.74) is 0. The number of nitrogens with zero attached hydrogens (tertiary/aromatic N) is 4. The predicted molar refractivity (Wildman–Crippen MR) is 140 cm³/mol. The highest BCUT2D eigenvalue weighted by Crippen LogP contribution is 2.37. The minimum absolute atomic E-state index is 0. The molecule has 8 nitrogen and oxygen atoms in total. The Bertz CT molecular complexity index is 585. The number of carbonyl (C=O) groups is 1. The van der Waals surface area contributed by atoms with E-state index in [2.05, 4.69) is 38.5 Å². The summed E-state index contributed by atoms with van der Waals surface area (Å²) >= 11 is 0.